The van der Waals surface area contributed by atoms with E-state index < -0.39 is 25.6 Å². The van der Waals surface area contributed by atoms with Crippen molar-refractivity contribution in [3.63, 3.8) is 0 Å². The van der Waals surface area contributed by atoms with Crippen LogP contribution in [0.1, 0.15) is 0 Å². The minimum Gasteiger partial charge on any atom is -0.344 e. The van der Waals surface area contributed by atoms with Crippen molar-refractivity contribution >= 4 is 19.7 Å². The molecule has 56 valence electrons. The summed E-state index contributed by atoms with van der Waals surface area (Å²) in [4.78, 5) is 5.48. The molecular formula is CH14N6Si2. The van der Waals surface area contributed by atoms with E-state index in [2.05, 4.69) is 9.96 Å². The monoisotopic (exact) mass is 166 g/mol. The van der Waals surface area contributed by atoms with Gasteiger partial charge in [0.15, 0.2) is 25.6 Å². The third-order valence-electron chi connectivity index (χ3n) is 0.789. The van der Waals surface area contributed by atoms with Crippen molar-refractivity contribution in [1.82, 2.24) is 9.96 Å². The maximum atomic E-state index is 5.40. The number of nitrogens with two attached hydrogens (primary N) is 4. The van der Waals surface area contributed by atoms with Crippen LogP contribution in [0, 0.1) is 0 Å². The second-order valence-electron chi connectivity index (χ2n) is 1.63. The Balaban J connectivity index is 3.43. The molecule has 8 heteroatoms. The van der Waals surface area contributed by atoms with Crippen molar-refractivity contribution in [3.8, 4) is 0 Å². The number of nitrogens with one attached hydrogen (secondary N) is 2. The van der Waals surface area contributed by atoms with Crippen LogP contribution >= 0.6 is 0 Å². The average Bonchev–Trinajstić information content (AvgIpc) is 1.64. The maximum Gasteiger partial charge on any atom is 0.168 e. The highest BCUT2D eigenvalue weighted by Crippen LogP contribution is 1.67. The molecule has 0 heterocycles. The van der Waals surface area contributed by atoms with Gasteiger partial charge in [-0.15, -0.1) is 0 Å². The van der Waals surface area contributed by atoms with Crippen LogP contribution in [0.5, 0.6) is 0 Å². The molecule has 0 atom stereocenters. The van der Waals surface area contributed by atoms with E-state index in [1.807, 2.05) is 0 Å². The van der Waals surface area contributed by atoms with Gasteiger partial charge >= 0.3 is 0 Å². The van der Waals surface area contributed by atoms with E-state index in [-0.39, 0.29) is 0 Å². The maximum absolute atomic E-state index is 5.40. The molecule has 0 fully saturated rings. The Morgan fingerprint density at radius 1 is 1.00 bits per heavy atom. The molecule has 0 radical (unpaired) electrons. The minimum absolute atomic E-state index is 0.806. The van der Waals surface area contributed by atoms with Crippen LogP contribution < -0.4 is 32.2 Å². The van der Waals surface area contributed by atoms with Crippen LogP contribution in [0.4, 0.5) is 0 Å². The molecule has 0 saturated heterocycles. The van der Waals surface area contributed by atoms with Gasteiger partial charge in [-0.1, -0.05) is 0 Å². The molecule has 0 aliphatic rings. The summed E-state index contributed by atoms with van der Waals surface area (Å²) in [6.07, 6.45) is 0. The normalized spacial score (nSPS) is 14.7. The van der Waals surface area contributed by atoms with Crippen molar-refractivity contribution < 1.29 is 0 Å². The van der Waals surface area contributed by atoms with Crippen molar-refractivity contribution in [2.75, 3.05) is 0 Å². The van der Waals surface area contributed by atoms with Gasteiger partial charge < -0.3 is 10.8 Å². The molecule has 0 bridgehead atoms. The Morgan fingerprint density at radius 2 is 1.33 bits per heavy atom. The molecule has 0 aromatic heterocycles. The fourth-order valence-corrected chi connectivity index (χ4v) is 1.58. The Kier molecular flexibility index (Phi) is 4.17. The van der Waals surface area contributed by atoms with Crippen LogP contribution in [0.25, 0.3) is 0 Å². The third kappa shape index (κ3) is 4.68. The van der Waals surface area contributed by atoms with Gasteiger partial charge in [-0.05, 0) is 0 Å². The number of hydrogen-bond acceptors (Lipinski definition) is 6. The summed E-state index contributed by atoms with van der Waals surface area (Å²) >= 11 is 0. The molecule has 0 saturated carbocycles. The predicted molar refractivity (Wildman–Crippen MR) is 42.8 cm³/mol. The van der Waals surface area contributed by atoms with Crippen molar-refractivity contribution in [2.45, 2.75) is 5.91 Å². The Hall–Kier alpha value is 0.194. The van der Waals surface area contributed by atoms with Crippen LogP contribution in [0.2, 0.25) is 0 Å². The standard InChI is InChI=1S/CH14N6Si2/c2-1(3,6-8-4)7-9-5/h6-7H,2-5,8-9H2. The van der Waals surface area contributed by atoms with E-state index in [4.69, 9.17) is 22.3 Å². The predicted octanol–water partition coefficient (Wildman–Crippen LogP) is -5.39. The van der Waals surface area contributed by atoms with Gasteiger partial charge in [0, 0.05) is 0 Å². The van der Waals surface area contributed by atoms with Crippen LogP contribution in [0.15, 0.2) is 0 Å². The lowest BCUT2D eigenvalue weighted by molar-refractivity contribution is 0.393. The van der Waals surface area contributed by atoms with Crippen LogP contribution in [0.3, 0.4) is 0 Å². The van der Waals surface area contributed by atoms with E-state index in [0.29, 0.717) is 0 Å². The van der Waals surface area contributed by atoms with E-state index >= 15 is 0 Å². The summed E-state index contributed by atoms with van der Waals surface area (Å²) in [7, 11) is -1.61. The zero-order valence-electron chi connectivity index (χ0n) is 5.22. The highest BCUT2D eigenvalue weighted by Gasteiger charge is 2.13. The van der Waals surface area contributed by atoms with Gasteiger partial charge in [0.05, 0.1) is 0 Å². The van der Waals surface area contributed by atoms with E-state index in [0.717, 1.165) is 0 Å². The Morgan fingerprint density at radius 3 is 1.56 bits per heavy atom. The van der Waals surface area contributed by atoms with Crippen molar-refractivity contribution in [1.29, 1.82) is 0 Å². The third-order valence-corrected chi connectivity index (χ3v) is 2.37. The molecule has 0 amide bonds. The molecule has 0 aliphatic carbocycles. The highest BCUT2D eigenvalue weighted by atomic mass is 28.2. The lowest BCUT2D eigenvalue weighted by atomic mass is 10.8. The zero-order valence-corrected chi connectivity index (χ0v) is 8.05. The van der Waals surface area contributed by atoms with Gasteiger partial charge in [-0.2, -0.15) is 0 Å². The van der Waals surface area contributed by atoms with Crippen LogP contribution in [-0.4, -0.2) is 25.6 Å². The minimum atomic E-state index is -1.03. The molecule has 10 N–H and O–H groups in total. The smallest absolute Gasteiger partial charge is 0.168 e. The first-order valence-corrected chi connectivity index (χ1v) is 5.65. The summed E-state index contributed by atoms with van der Waals surface area (Å²) in [5, 5.41) is 10.5. The summed E-state index contributed by atoms with van der Waals surface area (Å²) in [5.41, 5.74) is 10.8. The molecule has 0 rings (SSSR count). The number of rotatable bonds is 4. The van der Waals surface area contributed by atoms with E-state index in [1.165, 1.54) is 0 Å². The highest BCUT2D eigenvalue weighted by molar-refractivity contribution is 6.29. The van der Waals surface area contributed by atoms with Gasteiger partial charge in [-0.25, -0.2) is 0 Å². The fourth-order valence-electron chi connectivity index (χ4n) is 0.400. The van der Waals surface area contributed by atoms with Crippen LogP contribution in [-0.2, 0) is 0 Å². The van der Waals surface area contributed by atoms with Gasteiger partial charge in [-0.3, -0.25) is 21.4 Å². The second kappa shape index (κ2) is 4.08. The molecule has 0 spiro atoms. The first-order chi connectivity index (χ1) is 4.12. The first kappa shape index (κ1) is 9.19. The molecule has 0 aromatic carbocycles. The average molecular weight is 166 g/mol. The summed E-state index contributed by atoms with van der Waals surface area (Å²) < 4.78 is 0. The summed E-state index contributed by atoms with van der Waals surface area (Å²) in [6.45, 7) is 0. The van der Waals surface area contributed by atoms with Gasteiger partial charge in [0.1, 0.15) is 0 Å². The Labute approximate surface area is 58.7 Å². The zero-order chi connectivity index (χ0) is 7.33. The molecule has 6 nitrogen and oxygen atoms in total. The lowest BCUT2D eigenvalue weighted by Crippen LogP contribution is -2.73. The first-order valence-electron chi connectivity index (χ1n) is 2.60. The molecular weight excluding hydrogens is 152 g/mol. The second-order valence-corrected chi connectivity index (χ2v) is 3.15. The molecule has 0 aliphatic heterocycles. The molecule has 9 heavy (non-hydrogen) atoms. The van der Waals surface area contributed by atoms with Crippen molar-refractivity contribution in [2.24, 2.45) is 22.3 Å². The fraction of sp³-hybridized carbons (Fsp3) is 1.00. The van der Waals surface area contributed by atoms with Gasteiger partial charge in [0.2, 0.25) is 0 Å². The quantitative estimate of drug-likeness (QED) is 0.183. The number of hydrogen-bond donors (Lipinski definition) is 6. The lowest BCUT2D eigenvalue weighted by Gasteiger charge is -2.25. The van der Waals surface area contributed by atoms with Crippen molar-refractivity contribution in [3.05, 3.63) is 0 Å². The Bertz CT molecular complexity index is 65.5. The van der Waals surface area contributed by atoms with E-state index in [9.17, 15) is 0 Å². The largest absolute Gasteiger partial charge is 0.344 e. The topological polar surface area (TPSA) is 128 Å². The SMILES string of the molecule is N[SiH2]NC(N)(N)N[SiH2]N. The summed E-state index contributed by atoms with van der Waals surface area (Å²) in [5.74, 6) is -1.03. The molecule has 0 aromatic rings. The molecule has 0 unspecified atom stereocenters. The van der Waals surface area contributed by atoms with Gasteiger partial charge in [0.25, 0.3) is 0 Å². The summed E-state index contributed by atoms with van der Waals surface area (Å²) in [6, 6.07) is 0. The van der Waals surface area contributed by atoms with E-state index in [1.54, 1.807) is 0 Å².